The highest BCUT2D eigenvalue weighted by Gasteiger charge is 2.40. The molecule has 0 bridgehead atoms. The van der Waals surface area contributed by atoms with E-state index in [4.69, 9.17) is 4.74 Å². The van der Waals surface area contributed by atoms with Gasteiger partial charge in [0.05, 0.1) is 11.0 Å². The highest BCUT2D eigenvalue weighted by molar-refractivity contribution is 5.45. The molecule has 0 aliphatic rings. The summed E-state index contributed by atoms with van der Waals surface area (Å²) in [6.07, 6.45) is -8.04. The van der Waals surface area contributed by atoms with Crippen LogP contribution < -0.4 is 4.74 Å². The first kappa shape index (κ1) is 17.6. The standard InChI is InChI=1S/C14H8F5NO4/c15-8-3-9(16)5-12(4-8)24-11-2-7(13(21)14(17,18)19)1-10(6-11)20(22)23/h1-6,13,21H. The van der Waals surface area contributed by atoms with Gasteiger partial charge in [-0.3, -0.25) is 10.1 Å². The van der Waals surface area contributed by atoms with E-state index < -0.39 is 51.6 Å². The molecular weight excluding hydrogens is 341 g/mol. The van der Waals surface area contributed by atoms with Gasteiger partial charge in [0.2, 0.25) is 0 Å². The van der Waals surface area contributed by atoms with Crippen molar-refractivity contribution in [3.05, 3.63) is 63.7 Å². The zero-order valence-electron chi connectivity index (χ0n) is 11.6. The van der Waals surface area contributed by atoms with E-state index in [2.05, 4.69) is 0 Å². The van der Waals surface area contributed by atoms with Crippen molar-refractivity contribution in [2.45, 2.75) is 12.3 Å². The van der Waals surface area contributed by atoms with Crippen LogP contribution in [0.25, 0.3) is 0 Å². The van der Waals surface area contributed by atoms with Gasteiger partial charge in [0.15, 0.2) is 6.10 Å². The number of aliphatic hydroxyl groups excluding tert-OH is 1. The van der Waals surface area contributed by atoms with Crippen molar-refractivity contribution in [2.24, 2.45) is 0 Å². The molecule has 0 fully saturated rings. The smallest absolute Gasteiger partial charge is 0.418 e. The van der Waals surface area contributed by atoms with Crippen LogP contribution in [-0.4, -0.2) is 16.2 Å². The molecule has 2 aromatic rings. The zero-order chi connectivity index (χ0) is 18.1. The molecule has 0 amide bonds. The third kappa shape index (κ3) is 4.16. The minimum absolute atomic E-state index is 0.416. The second-order valence-corrected chi connectivity index (χ2v) is 4.67. The molecule has 0 aliphatic carbocycles. The van der Waals surface area contributed by atoms with Gasteiger partial charge in [0.1, 0.15) is 23.1 Å². The molecule has 1 N–H and O–H groups in total. The van der Waals surface area contributed by atoms with Gasteiger partial charge in [-0.05, 0) is 6.07 Å². The predicted octanol–water partition coefficient (Wildman–Crippen LogP) is 4.26. The molecule has 2 aromatic carbocycles. The first-order valence-electron chi connectivity index (χ1n) is 6.24. The maximum absolute atomic E-state index is 13.1. The summed E-state index contributed by atoms with van der Waals surface area (Å²) in [6, 6.07) is 3.99. The highest BCUT2D eigenvalue weighted by atomic mass is 19.4. The SMILES string of the molecule is O=[N+]([O-])c1cc(Oc2cc(F)cc(F)c2)cc(C(O)C(F)(F)F)c1. The molecule has 128 valence electrons. The fraction of sp³-hybridized carbons (Fsp3) is 0.143. The Morgan fingerprint density at radius 2 is 1.54 bits per heavy atom. The molecule has 0 saturated carbocycles. The lowest BCUT2D eigenvalue weighted by Crippen LogP contribution is -2.20. The summed E-state index contributed by atoms with van der Waals surface area (Å²) < 4.78 is 68.9. The van der Waals surface area contributed by atoms with Crippen LogP contribution in [0.4, 0.5) is 27.6 Å². The quantitative estimate of drug-likeness (QED) is 0.508. The van der Waals surface area contributed by atoms with Crippen LogP contribution in [0.1, 0.15) is 11.7 Å². The van der Waals surface area contributed by atoms with Crippen molar-refractivity contribution < 1.29 is 36.7 Å². The predicted molar refractivity (Wildman–Crippen MR) is 70.5 cm³/mol. The Labute approximate surface area is 131 Å². The minimum atomic E-state index is -5.06. The molecule has 0 saturated heterocycles. The van der Waals surface area contributed by atoms with E-state index >= 15 is 0 Å². The minimum Gasteiger partial charge on any atom is -0.457 e. The van der Waals surface area contributed by atoms with Gasteiger partial charge >= 0.3 is 6.18 Å². The summed E-state index contributed by atoms with van der Waals surface area (Å²) in [7, 11) is 0. The fourth-order valence-corrected chi connectivity index (χ4v) is 1.84. The molecule has 5 nitrogen and oxygen atoms in total. The van der Waals surface area contributed by atoms with Gasteiger partial charge in [-0.2, -0.15) is 13.2 Å². The van der Waals surface area contributed by atoms with Crippen molar-refractivity contribution >= 4 is 5.69 Å². The Bertz CT molecular complexity index is 758. The molecule has 0 aliphatic heterocycles. The number of alkyl halides is 3. The monoisotopic (exact) mass is 349 g/mol. The Morgan fingerprint density at radius 1 is 1.00 bits per heavy atom. The zero-order valence-corrected chi connectivity index (χ0v) is 11.6. The Kier molecular flexibility index (Phi) is 4.69. The highest BCUT2D eigenvalue weighted by Crippen LogP contribution is 2.37. The molecule has 1 unspecified atom stereocenters. The van der Waals surface area contributed by atoms with Gasteiger partial charge < -0.3 is 9.84 Å². The Hall–Kier alpha value is -2.75. The summed E-state index contributed by atoms with van der Waals surface area (Å²) in [5, 5.41) is 20.0. The summed E-state index contributed by atoms with van der Waals surface area (Å²) >= 11 is 0. The van der Waals surface area contributed by atoms with Gasteiger partial charge in [-0.25, -0.2) is 8.78 Å². The number of halogens is 5. The number of hydrogen-bond acceptors (Lipinski definition) is 4. The van der Waals surface area contributed by atoms with E-state index in [-0.39, 0.29) is 0 Å². The van der Waals surface area contributed by atoms with Gasteiger partial charge in [0.25, 0.3) is 5.69 Å². The molecule has 0 aromatic heterocycles. The number of rotatable bonds is 4. The molecule has 0 spiro atoms. The summed E-state index contributed by atoms with van der Waals surface area (Å²) in [6.45, 7) is 0. The average molecular weight is 349 g/mol. The van der Waals surface area contributed by atoms with Crippen molar-refractivity contribution in [1.82, 2.24) is 0 Å². The number of aliphatic hydroxyl groups is 1. The van der Waals surface area contributed by atoms with Crippen LogP contribution >= 0.6 is 0 Å². The van der Waals surface area contributed by atoms with Crippen molar-refractivity contribution in [3.8, 4) is 11.5 Å². The third-order valence-electron chi connectivity index (χ3n) is 2.82. The van der Waals surface area contributed by atoms with E-state index in [1.54, 1.807) is 0 Å². The van der Waals surface area contributed by atoms with E-state index in [9.17, 15) is 37.2 Å². The van der Waals surface area contributed by atoms with E-state index in [1.165, 1.54) is 0 Å². The molecule has 1 atom stereocenters. The first-order valence-corrected chi connectivity index (χ1v) is 6.24. The average Bonchev–Trinajstić information content (AvgIpc) is 2.43. The maximum atomic E-state index is 13.1. The summed E-state index contributed by atoms with van der Waals surface area (Å²) in [5.74, 6) is -2.93. The number of non-ortho nitro benzene ring substituents is 1. The first-order chi connectivity index (χ1) is 11.1. The van der Waals surface area contributed by atoms with Crippen LogP contribution in [0.5, 0.6) is 11.5 Å². The number of hydrogen-bond donors (Lipinski definition) is 1. The number of nitro groups is 1. The largest absolute Gasteiger partial charge is 0.457 e. The lowest BCUT2D eigenvalue weighted by molar-refractivity contribution is -0.385. The normalized spacial score (nSPS) is 12.8. The second-order valence-electron chi connectivity index (χ2n) is 4.67. The molecule has 10 heteroatoms. The van der Waals surface area contributed by atoms with Crippen LogP contribution in [0.3, 0.4) is 0 Å². The maximum Gasteiger partial charge on any atom is 0.418 e. The number of nitro benzene ring substituents is 1. The van der Waals surface area contributed by atoms with Crippen LogP contribution in [-0.2, 0) is 0 Å². The number of ether oxygens (including phenoxy) is 1. The van der Waals surface area contributed by atoms with Crippen LogP contribution in [0, 0.1) is 21.7 Å². The van der Waals surface area contributed by atoms with Crippen LogP contribution in [0.15, 0.2) is 36.4 Å². The number of benzene rings is 2. The van der Waals surface area contributed by atoms with E-state index in [1.807, 2.05) is 0 Å². The molecule has 0 radical (unpaired) electrons. The van der Waals surface area contributed by atoms with Crippen molar-refractivity contribution in [3.63, 3.8) is 0 Å². The topological polar surface area (TPSA) is 72.6 Å². The van der Waals surface area contributed by atoms with Gasteiger partial charge in [-0.1, -0.05) is 0 Å². The Morgan fingerprint density at radius 3 is 2.04 bits per heavy atom. The molecular formula is C14H8F5NO4. The van der Waals surface area contributed by atoms with Gasteiger partial charge in [0, 0.05) is 29.8 Å². The Balaban J connectivity index is 2.45. The summed E-state index contributed by atoms with van der Waals surface area (Å²) in [5.41, 5.74) is -1.63. The number of nitrogens with zero attached hydrogens (tertiary/aromatic N) is 1. The summed E-state index contributed by atoms with van der Waals surface area (Å²) in [4.78, 5) is 9.81. The van der Waals surface area contributed by atoms with Gasteiger partial charge in [-0.15, -0.1) is 0 Å². The second kappa shape index (κ2) is 6.40. The molecule has 0 heterocycles. The molecule has 24 heavy (non-hydrogen) atoms. The lowest BCUT2D eigenvalue weighted by atomic mass is 10.1. The fourth-order valence-electron chi connectivity index (χ4n) is 1.84. The third-order valence-corrected chi connectivity index (χ3v) is 2.82. The molecule has 2 rings (SSSR count). The lowest BCUT2D eigenvalue weighted by Gasteiger charge is -2.16. The van der Waals surface area contributed by atoms with E-state index in [0.717, 1.165) is 18.2 Å². The van der Waals surface area contributed by atoms with Crippen molar-refractivity contribution in [1.29, 1.82) is 0 Å². The van der Waals surface area contributed by atoms with E-state index in [0.29, 0.717) is 18.2 Å². The van der Waals surface area contributed by atoms with Crippen molar-refractivity contribution in [2.75, 3.05) is 0 Å². The van der Waals surface area contributed by atoms with Crippen LogP contribution in [0.2, 0.25) is 0 Å².